The van der Waals surface area contributed by atoms with Crippen LogP contribution in [0.25, 0.3) is 11.3 Å². The zero-order valence-electron chi connectivity index (χ0n) is 11.2. The van der Waals surface area contributed by atoms with Crippen LogP contribution in [0.3, 0.4) is 0 Å². The lowest BCUT2D eigenvalue weighted by atomic mass is 10.0. The SMILES string of the molecule is O=C(Nc1cccc(-c2ccn[nH]2)c1)[C@@H]1CCCCN1. The number of carbonyl (C=O) groups is 1. The normalized spacial score (nSPS) is 18.7. The van der Waals surface area contributed by atoms with Crippen molar-refractivity contribution in [2.75, 3.05) is 11.9 Å². The Kier molecular flexibility index (Phi) is 3.78. The molecule has 104 valence electrons. The maximum Gasteiger partial charge on any atom is 0.241 e. The summed E-state index contributed by atoms with van der Waals surface area (Å²) in [5.74, 6) is 0.0476. The zero-order valence-corrected chi connectivity index (χ0v) is 11.2. The van der Waals surface area contributed by atoms with E-state index in [1.54, 1.807) is 6.20 Å². The number of nitrogens with zero attached hydrogens (tertiary/aromatic N) is 1. The van der Waals surface area contributed by atoms with E-state index in [1.165, 1.54) is 0 Å². The number of benzene rings is 1. The molecule has 1 amide bonds. The van der Waals surface area contributed by atoms with Crippen LogP contribution >= 0.6 is 0 Å². The summed E-state index contributed by atoms with van der Waals surface area (Å²) in [7, 11) is 0. The Morgan fingerprint density at radius 1 is 1.30 bits per heavy atom. The first-order valence-corrected chi connectivity index (χ1v) is 6.97. The molecular weight excluding hydrogens is 252 g/mol. The van der Waals surface area contributed by atoms with E-state index < -0.39 is 0 Å². The molecule has 1 fully saturated rings. The van der Waals surface area contributed by atoms with Gasteiger partial charge in [0.05, 0.1) is 11.7 Å². The van der Waals surface area contributed by atoms with E-state index in [9.17, 15) is 4.79 Å². The van der Waals surface area contributed by atoms with Gasteiger partial charge in [0.25, 0.3) is 0 Å². The van der Waals surface area contributed by atoms with Gasteiger partial charge in [0.2, 0.25) is 5.91 Å². The first-order valence-electron chi connectivity index (χ1n) is 6.97. The largest absolute Gasteiger partial charge is 0.325 e. The van der Waals surface area contributed by atoms with E-state index in [-0.39, 0.29) is 11.9 Å². The molecule has 1 aliphatic rings. The number of amides is 1. The minimum atomic E-state index is -0.0699. The number of piperidine rings is 1. The molecule has 5 nitrogen and oxygen atoms in total. The number of aromatic nitrogens is 2. The fourth-order valence-corrected chi connectivity index (χ4v) is 2.49. The minimum absolute atomic E-state index is 0.0476. The van der Waals surface area contributed by atoms with Gasteiger partial charge < -0.3 is 10.6 Å². The molecule has 20 heavy (non-hydrogen) atoms. The highest BCUT2D eigenvalue weighted by molar-refractivity contribution is 5.95. The van der Waals surface area contributed by atoms with Crippen LogP contribution in [-0.2, 0) is 4.79 Å². The molecule has 2 heterocycles. The number of rotatable bonds is 3. The molecular formula is C15H18N4O. The number of aromatic amines is 1. The highest BCUT2D eigenvalue weighted by atomic mass is 16.2. The van der Waals surface area contributed by atoms with Gasteiger partial charge in [0.15, 0.2) is 0 Å². The van der Waals surface area contributed by atoms with Gasteiger partial charge in [0, 0.05) is 17.4 Å². The number of hydrogen-bond acceptors (Lipinski definition) is 3. The molecule has 3 N–H and O–H groups in total. The van der Waals surface area contributed by atoms with E-state index in [0.29, 0.717) is 0 Å². The van der Waals surface area contributed by atoms with Gasteiger partial charge in [-0.05, 0) is 37.6 Å². The van der Waals surface area contributed by atoms with Crippen molar-refractivity contribution in [3.63, 3.8) is 0 Å². The topological polar surface area (TPSA) is 69.8 Å². The lowest BCUT2D eigenvalue weighted by molar-refractivity contribution is -0.118. The van der Waals surface area contributed by atoms with Crippen LogP contribution in [0.5, 0.6) is 0 Å². The lowest BCUT2D eigenvalue weighted by Gasteiger charge is -2.22. The van der Waals surface area contributed by atoms with E-state index in [2.05, 4.69) is 20.8 Å². The molecule has 0 bridgehead atoms. The van der Waals surface area contributed by atoms with Crippen LogP contribution in [0.1, 0.15) is 19.3 Å². The molecule has 1 aromatic carbocycles. The van der Waals surface area contributed by atoms with E-state index >= 15 is 0 Å². The van der Waals surface area contributed by atoms with Crippen LogP contribution < -0.4 is 10.6 Å². The van der Waals surface area contributed by atoms with Crippen molar-refractivity contribution in [1.29, 1.82) is 0 Å². The van der Waals surface area contributed by atoms with E-state index in [4.69, 9.17) is 0 Å². The van der Waals surface area contributed by atoms with Gasteiger partial charge in [-0.15, -0.1) is 0 Å². The Hall–Kier alpha value is -2.14. The van der Waals surface area contributed by atoms with Crippen molar-refractivity contribution in [1.82, 2.24) is 15.5 Å². The lowest BCUT2D eigenvalue weighted by Crippen LogP contribution is -2.43. The quantitative estimate of drug-likeness (QED) is 0.800. The second-order valence-electron chi connectivity index (χ2n) is 5.04. The van der Waals surface area contributed by atoms with Gasteiger partial charge in [-0.25, -0.2) is 0 Å². The Morgan fingerprint density at radius 3 is 3.00 bits per heavy atom. The molecule has 0 saturated carbocycles. The summed E-state index contributed by atoms with van der Waals surface area (Å²) < 4.78 is 0. The standard InChI is InChI=1S/C15H18N4O/c20-15(14-6-1-2-8-16-14)18-12-5-3-4-11(10-12)13-7-9-17-19-13/h3-5,7,9-10,14,16H,1-2,6,8H2,(H,17,19)(H,18,20)/t14-/m0/s1. The predicted octanol–water partition coefficient (Wildman–Crippen LogP) is 2.16. The maximum atomic E-state index is 12.2. The van der Waals surface area contributed by atoms with Gasteiger partial charge in [-0.1, -0.05) is 18.6 Å². The molecule has 0 spiro atoms. The zero-order chi connectivity index (χ0) is 13.8. The average Bonchev–Trinajstić information content (AvgIpc) is 3.03. The third-order valence-corrected chi connectivity index (χ3v) is 3.57. The van der Waals surface area contributed by atoms with Gasteiger partial charge in [0.1, 0.15) is 0 Å². The third kappa shape index (κ3) is 2.88. The number of anilines is 1. The second kappa shape index (κ2) is 5.88. The van der Waals surface area contributed by atoms with Gasteiger partial charge in [-0.2, -0.15) is 5.10 Å². The first-order chi connectivity index (χ1) is 9.83. The number of H-pyrrole nitrogens is 1. The molecule has 1 atom stereocenters. The Morgan fingerprint density at radius 2 is 2.25 bits per heavy atom. The summed E-state index contributed by atoms with van der Waals surface area (Å²) in [5, 5.41) is 13.1. The molecule has 2 aromatic rings. The van der Waals surface area contributed by atoms with Crippen molar-refractivity contribution in [3.8, 4) is 11.3 Å². The Balaban J connectivity index is 1.71. The summed E-state index contributed by atoms with van der Waals surface area (Å²) in [6, 6.07) is 9.61. The monoisotopic (exact) mass is 270 g/mol. The summed E-state index contributed by atoms with van der Waals surface area (Å²) >= 11 is 0. The summed E-state index contributed by atoms with van der Waals surface area (Å²) in [6.45, 7) is 0.923. The number of carbonyl (C=O) groups excluding carboxylic acids is 1. The summed E-state index contributed by atoms with van der Waals surface area (Å²) in [4.78, 5) is 12.2. The molecule has 0 radical (unpaired) electrons. The highest BCUT2D eigenvalue weighted by Crippen LogP contribution is 2.20. The van der Waals surface area contributed by atoms with Gasteiger partial charge in [-0.3, -0.25) is 9.89 Å². The number of hydrogen-bond donors (Lipinski definition) is 3. The molecule has 0 aliphatic carbocycles. The van der Waals surface area contributed by atoms with Crippen molar-refractivity contribution in [2.24, 2.45) is 0 Å². The molecule has 3 rings (SSSR count). The highest BCUT2D eigenvalue weighted by Gasteiger charge is 2.20. The fraction of sp³-hybridized carbons (Fsp3) is 0.333. The minimum Gasteiger partial charge on any atom is -0.325 e. The number of nitrogens with one attached hydrogen (secondary N) is 3. The van der Waals surface area contributed by atoms with Gasteiger partial charge >= 0.3 is 0 Å². The third-order valence-electron chi connectivity index (χ3n) is 3.57. The van der Waals surface area contributed by atoms with Crippen molar-refractivity contribution in [3.05, 3.63) is 36.5 Å². The summed E-state index contributed by atoms with van der Waals surface area (Å²) in [5.41, 5.74) is 2.77. The Bertz CT molecular complexity index is 573. The van der Waals surface area contributed by atoms with Crippen LogP contribution in [0.4, 0.5) is 5.69 Å². The molecule has 1 saturated heterocycles. The molecule has 1 aliphatic heterocycles. The van der Waals surface area contributed by atoms with Crippen LogP contribution in [0, 0.1) is 0 Å². The molecule has 1 aromatic heterocycles. The first kappa shape index (κ1) is 12.9. The molecule has 5 heteroatoms. The average molecular weight is 270 g/mol. The van der Waals surface area contributed by atoms with Crippen LogP contribution in [-0.4, -0.2) is 28.7 Å². The van der Waals surface area contributed by atoms with Crippen LogP contribution in [0.15, 0.2) is 36.5 Å². The van der Waals surface area contributed by atoms with Crippen molar-refractivity contribution in [2.45, 2.75) is 25.3 Å². The fourth-order valence-electron chi connectivity index (χ4n) is 2.49. The Labute approximate surface area is 117 Å². The predicted molar refractivity (Wildman–Crippen MR) is 78.3 cm³/mol. The maximum absolute atomic E-state index is 12.2. The van der Waals surface area contributed by atoms with E-state index in [0.717, 1.165) is 42.8 Å². The van der Waals surface area contributed by atoms with E-state index in [1.807, 2.05) is 30.3 Å². The van der Waals surface area contributed by atoms with Crippen molar-refractivity contribution < 1.29 is 4.79 Å². The van der Waals surface area contributed by atoms with Crippen molar-refractivity contribution >= 4 is 11.6 Å². The van der Waals surface area contributed by atoms with Crippen LogP contribution in [0.2, 0.25) is 0 Å². The summed E-state index contributed by atoms with van der Waals surface area (Å²) in [6.07, 6.45) is 4.89. The smallest absolute Gasteiger partial charge is 0.241 e. The second-order valence-corrected chi connectivity index (χ2v) is 5.04. The molecule has 0 unspecified atom stereocenters.